The molecule has 17 heavy (non-hydrogen) atoms. The normalized spacial score (nSPS) is 11.4. The van der Waals surface area contributed by atoms with Gasteiger partial charge in [-0.15, -0.1) is 0 Å². The van der Waals surface area contributed by atoms with Gasteiger partial charge in [0.2, 0.25) is 5.95 Å². The van der Waals surface area contributed by atoms with Crippen molar-refractivity contribution in [3.63, 3.8) is 0 Å². The first-order valence-corrected chi connectivity index (χ1v) is 5.02. The van der Waals surface area contributed by atoms with Gasteiger partial charge in [0.1, 0.15) is 11.4 Å². The molecule has 0 saturated carbocycles. The van der Waals surface area contributed by atoms with Crippen LogP contribution in [0.3, 0.4) is 0 Å². The van der Waals surface area contributed by atoms with Crippen molar-refractivity contribution in [3.05, 3.63) is 11.8 Å². The van der Waals surface area contributed by atoms with Crippen molar-refractivity contribution in [2.24, 2.45) is 5.84 Å². The van der Waals surface area contributed by atoms with Crippen LogP contribution in [0, 0.1) is 6.92 Å². The number of rotatable bonds is 6. The Labute approximate surface area is 98.5 Å². The maximum absolute atomic E-state index is 9.17. The van der Waals surface area contributed by atoms with Crippen LogP contribution >= 0.6 is 0 Å². The van der Waals surface area contributed by atoms with E-state index in [1.807, 2.05) is 0 Å². The van der Waals surface area contributed by atoms with Crippen molar-refractivity contribution in [2.75, 3.05) is 30.6 Å². The highest BCUT2D eigenvalue weighted by Gasteiger charge is 2.28. The van der Waals surface area contributed by atoms with Gasteiger partial charge < -0.3 is 20.6 Å². The minimum Gasteiger partial charge on any atom is -0.394 e. The van der Waals surface area contributed by atoms with E-state index >= 15 is 0 Å². The molecule has 0 aromatic carbocycles. The number of nitrogens with zero attached hydrogens (tertiary/aromatic N) is 2. The Morgan fingerprint density at radius 2 is 1.82 bits per heavy atom. The molecule has 1 heterocycles. The molecule has 96 valence electrons. The fraction of sp³-hybridized carbons (Fsp3) is 0.556. The third-order valence-corrected chi connectivity index (χ3v) is 2.28. The summed E-state index contributed by atoms with van der Waals surface area (Å²) in [7, 11) is 0. The Balaban J connectivity index is 2.96. The summed E-state index contributed by atoms with van der Waals surface area (Å²) in [5.41, 5.74) is 1.72. The number of nitrogens with two attached hydrogens (primary N) is 1. The number of hydrazine groups is 1. The fourth-order valence-corrected chi connectivity index (χ4v) is 1.24. The second-order valence-corrected chi connectivity index (χ2v) is 3.74. The lowest BCUT2D eigenvalue weighted by atomic mass is 10.0. The molecule has 7 N–H and O–H groups in total. The number of anilines is 2. The highest BCUT2D eigenvalue weighted by molar-refractivity contribution is 5.44. The van der Waals surface area contributed by atoms with Gasteiger partial charge in [-0.25, -0.2) is 10.8 Å². The van der Waals surface area contributed by atoms with Crippen LogP contribution in [0.5, 0.6) is 0 Å². The summed E-state index contributed by atoms with van der Waals surface area (Å²) < 4.78 is 0. The van der Waals surface area contributed by atoms with Crippen LogP contribution in [0.4, 0.5) is 11.8 Å². The Morgan fingerprint density at radius 1 is 1.24 bits per heavy atom. The molecule has 1 aromatic heterocycles. The quantitative estimate of drug-likeness (QED) is 0.254. The van der Waals surface area contributed by atoms with Crippen molar-refractivity contribution in [1.29, 1.82) is 0 Å². The van der Waals surface area contributed by atoms with Crippen LogP contribution < -0.4 is 16.6 Å². The Hall–Kier alpha value is -1.48. The molecule has 1 rings (SSSR count). The van der Waals surface area contributed by atoms with E-state index in [2.05, 4.69) is 20.7 Å². The molecule has 8 nitrogen and oxygen atoms in total. The molecule has 0 atom stereocenters. The molecule has 0 radical (unpaired) electrons. The zero-order chi connectivity index (χ0) is 12.9. The molecule has 0 amide bonds. The molecule has 8 heteroatoms. The van der Waals surface area contributed by atoms with E-state index in [1.165, 1.54) is 0 Å². The van der Waals surface area contributed by atoms with E-state index in [4.69, 9.17) is 21.2 Å². The van der Waals surface area contributed by atoms with Gasteiger partial charge in [0.25, 0.3) is 0 Å². The maximum atomic E-state index is 9.17. The van der Waals surface area contributed by atoms with E-state index in [-0.39, 0.29) is 5.95 Å². The molecular weight excluding hydrogens is 226 g/mol. The van der Waals surface area contributed by atoms with E-state index in [9.17, 15) is 0 Å². The monoisotopic (exact) mass is 243 g/mol. The zero-order valence-corrected chi connectivity index (χ0v) is 9.51. The number of aryl methyl sites for hydroxylation is 1. The van der Waals surface area contributed by atoms with E-state index in [0.717, 1.165) is 0 Å². The number of hydrogen-bond donors (Lipinski definition) is 6. The minimum atomic E-state index is -1.23. The van der Waals surface area contributed by atoms with Gasteiger partial charge in [-0.3, -0.25) is 5.43 Å². The minimum absolute atomic E-state index is 0.204. The highest BCUT2D eigenvalue weighted by atomic mass is 16.3. The summed E-state index contributed by atoms with van der Waals surface area (Å²) in [6, 6.07) is 1.61. The molecule has 0 aliphatic carbocycles. The van der Waals surface area contributed by atoms with Crippen molar-refractivity contribution in [2.45, 2.75) is 12.5 Å². The van der Waals surface area contributed by atoms with Gasteiger partial charge in [0.05, 0.1) is 19.8 Å². The summed E-state index contributed by atoms with van der Waals surface area (Å²) in [6.07, 6.45) is 0. The van der Waals surface area contributed by atoms with E-state index < -0.39 is 25.4 Å². The van der Waals surface area contributed by atoms with Crippen LogP contribution in [0.25, 0.3) is 0 Å². The van der Waals surface area contributed by atoms with Crippen molar-refractivity contribution in [1.82, 2.24) is 9.97 Å². The molecular formula is C9H17N5O3. The number of hydrogen-bond acceptors (Lipinski definition) is 8. The summed E-state index contributed by atoms with van der Waals surface area (Å²) in [5.74, 6) is 5.75. The van der Waals surface area contributed by atoms with E-state index in [1.54, 1.807) is 13.0 Å². The van der Waals surface area contributed by atoms with Gasteiger partial charge in [-0.1, -0.05) is 0 Å². The summed E-state index contributed by atoms with van der Waals surface area (Å²) in [5, 5.41) is 30.3. The van der Waals surface area contributed by atoms with Gasteiger partial charge >= 0.3 is 0 Å². The van der Waals surface area contributed by atoms with Crippen molar-refractivity contribution in [3.8, 4) is 0 Å². The molecule has 0 fully saturated rings. The second kappa shape index (κ2) is 5.73. The first kappa shape index (κ1) is 13.6. The number of nitrogen functional groups attached to an aromatic ring is 1. The zero-order valence-electron chi connectivity index (χ0n) is 9.51. The van der Waals surface area contributed by atoms with Crippen LogP contribution in [0.1, 0.15) is 5.69 Å². The summed E-state index contributed by atoms with van der Waals surface area (Å²) in [4.78, 5) is 7.97. The molecule has 0 spiro atoms. The Kier molecular flexibility index (Phi) is 4.58. The summed E-state index contributed by atoms with van der Waals surface area (Å²) in [6.45, 7) is 0.434. The van der Waals surface area contributed by atoms with Crippen LogP contribution in [-0.4, -0.2) is 50.6 Å². The smallest absolute Gasteiger partial charge is 0.239 e. The number of nitrogens with one attached hydrogen (secondary N) is 2. The largest absolute Gasteiger partial charge is 0.394 e. The van der Waals surface area contributed by atoms with Gasteiger partial charge in [-0.2, -0.15) is 4.98 Å². The second-order valence-electron chi connectivity index (χ2n) is 3.74. The highest BCUT2D eigenvalue weighted by Crippen LogP contribution is 2.15. The molecule has 1 aromatic rings. The first-order valence-electron chi connectivity index (χ1n) is 5.02. The summed E-state index contributed by atoms with van der Waals surface area (Å²) >= 11 is 0. The number of aliphatic hydroxyl groups is 3. The molecule has 0 saturated heterocycles. The maximum Gasteiger partial charge on any atom is 0.239 e. The van der Waals surface area contributed by atoms with Crippen molar-refractivity contribution >= 4 is 11.8 Å². The third kappa shape index (κ3) is 3.24. The number of aromatic nitrogens is 2. The predicted octanol–water partition coefficient (Wildman–Crippen LogP) is -1.80. The number of aliphatic hydroxyl groups excluding tert-OH is 3. The third-order valence-electron chi connectivity index (χ3n) is 2.28. The lowest BCUT2D eigenvalue weighted by molar-refractivity contribution is 0.0831. The lowest BCUT2D eigenvalue weighted by Gasteiger charge is -2.29. The van der Waals surface area contributed by atoms with Crippen molar-refractivity contribution < 1.29 is 15.3 Å². The Bertz CT molecular complexity index is 361. The van der Waals surface area contributed by atoms with Gasteiger partial charge in [0, 0.05) is 11.8 Å². The molecule has 0 unspecified atom stereocenters. The van der Waals surface area contributed by atoms with Crippen LogP contribution in [0.15, 0.2) is 6.07 Å². The average molecular weight is 243 g/mol. The topological polar surface area (TPSA) is 137 Å². The Morgan fingerprint density at radius 3 is 2.29 bits per heavy atom. The molecule has 0 aliphatic heterocycles. The first-order chi connectivity index (χ1) is 8.09. The SMILES string of the molecule is Cc1cc(NC(CO)(CO)CO)nc(NN)n1. The standard InChI is InChI=1S/C9H17N5O3/c1-6-2-7(12-8(11-6)14-10)13-9(3-15,4-16)5-17/h2,15-17H,3-5,10H2,1H3,(H2,11,12,13,14). The molecule has 0 aliphatic rings. The fourth-order valence-electron chi connectivity index (χ4n) is 1.24. The van der Waals surface area contributed by atoms with E-state index in [0.29, 0.717) is 11.5 Å². The van der Waals surface area contributed by atoms with Gasteiger partial charge in [-0.05, 0) is 6.92 Å². The molecule has 0 bridgehead atoms. The van der Waals surface area contributed by atoms with Gasteiger partial charge in [0.15, 0.2) is 0 Å². The van der Waals surface area contributed by atoms with Crippen LogP contribution in [-0.2, 0) is 0 Å². The predicted molar refractivity (Wildman–Crippen MR) is 62.2 cm³/mol. The average Bonchev–Trinajstić information content (AvgIpc) is 2.35. The van der Waals surface area contributed by atoms with Crippen LogP contribution in [0.2, 0.25) is 0 Å². The lowest BCUT2D eigenvalue weighted by Crippen LogP contribution is -2.49.